The van der Waals surface area contributed by atoms with Crippen molar-refractivity contribution in [1.82, 2.24) is 9.78 Å². The van der Waals surface area contributed by atoms with Gasteiger partial charge >= 0.3 is 5.69 Å². The number of amides is 1. The lowest BCUT2D eigenvalue weighted by molar-refractivity contribution is -0.394. The molecule has 15 nitrogen and oxygen atoms in total. The van der Waals surface area contributed by atoms with Gasteiger partial charge in [0, 0.05) is 29.8 Å². The second-order valence-electron chi connectivity index (χ2n) is 8.33. The van der Waals surface area contributed by atoms with E-state index in [1.807, 2.05) is 0 Å². The summed E-state index contributed by atoms with van der Waals surface area (Å²) in [5, 5.41) is 51.2. The van der Waals surface area contributed by atoms with Crippen LogP contribution in [0.1, 0.15) is 12.1 Å². The van der Waals surface area contributed by atoms with Gasteiger partial charge in [-0.15, -0.1) is 0 Å². The molecule has 0 unspecified atom stereocenters. The zero-order valence-corrected chi connectivity index (χ0v) is 20.7. The highest BCUT2D eigenvalue weighted by Crippen LogP contribution is 2.34. The highest BCUT2D eigenvalue weighted by molar-refractivity contribution is 5.93. The number of non-ortho nitro benzene ring substituents is 1. The quantitative estimate of drug-likeness (QED) is 0.209. The minimum Gasteiger partial charge on any atom is -0.504 e. The number of carbonyl (C=O) groups is 1. The third kappa shape index (κ3) is 5.67. The van der Waals surface area contributed by atoms with Gasteiger partial charge in [0.15, 0.2) is 11.5 Å². The van der Waals surface area contributed by atoms with Crippen molar-refractivity contribution in [1.29, 1.82) is 0 Å². The number of hydrogen-bond donors (Lipinski definition) is 2. The Labute approximate surface area is 224 Å². The first-order valence-electron chi connectivity index (χ1n) is 11.5. The van der Waals surface area contributed by atoms with Gasteiger partial charge in [0.1, 0.15) is 11.4 Å². The maximum absolute atomic E-state index is 12.7. The normalized spacial score (nSPS) is 10.6. The first-order chi connectivity index (χ1) is 19.1. The lowest BCUT2D eigenvalue weighted by Crippen LogP contribution is -2.15. The van der Waals surface area contributed by atoms with Crippen molar-refractivity contribution >= 4 is 28.7 Å². The summed E-state index contributed by atoms with van der Waals surface area (Å²) in [4.78, 5) is 44.8. The maximum atomic E-state index is 12.7. The highest BCUT2D eigenvalue weighted by Gasteiger charge is 2.24. The lowest BCUT2D eigenvalue weighted by atomic mass is 10.1. The fourth-order valence-corrected chi connectivity index (χ4v) is 3.93. The number of hydrogen-bond acceptors (Lipinski definition) is 10. The summed E-state index contributed by atoms with van der Waals surface area (Å²) in [5.74, 6) is -0.532. The smallest absolute Gasteiger partial charge is 0.301 e. The molecule has 0 saturated carbocycles. The SMILES string of the molecule is COc1cc(-c2cc(CCC(=O)Nc3ccccc3[N+](=O)[O-])n(-c3ccc([N+](=O)[O-])cc3[N+](=O)[O-])n2)ccc1O. The van der Waals surface area contributed by atoms with E-state index in [1.54, 1.807) is 12.1 Å². The standard InChI is InChI=1S/C25H20N6O9/c1-40-24-12-15(6-10-23(24)32)19-13-16(8-11-25(33)26-18-4-2-3-5-20(18)30(36)37)28(27-19)21-9-7-17(29(34)35)14-22(21)31(38)39/h2-7,9-10,12-14,32H,8,11H2,1H3,(H,26,33). The maximum Gasteiger partial charge on any atom is 0.301 e. The number of benzene rings is 3. The van der Waals surface area contributed by atoms with Crippen LogP contribution in [0.5, 0.6) is 11.5 Å². The molecule has 0 aliphatic carbocycles. The molecular formula is C25H20N6O9. The average molecular weight is 548 g/mol. The van der Waals surface area contributed by atoms with E-state index in [0.717, 1.165) is 12.1 Å². The van der Waals surface area contributed by atoms with E-state index < -0.39 is 32.1 Å². The van der Waals surface area contributed by atoms with Gasteiger partial charge in [-0.2, -0.15) is 5.10 Å². The van der Waals surface area contributed by atoms with E-state index in [2.05, 4.69) is 10.4 Å². The van der Waals surface area contributed by atoms with Gasteiger partial charge in [0.05, 0.1) is 33.6 Å². The topological polar surface area (TPSA) is 206 Å². The summed E-state index contributed by atoms with van der Waals surface area (Å²) >= 11 is 0. The lowest BCUT2D eigenvalue weighted by Gasteiger charge is -2.09. The van der Waals surface area contributed by atoms with Crippen molar-refractivity contribution in [3.63, 3.8) is 0 Å². The molecule has 1 heterocycles. The summed E-state index contributed by atoms with van der Waals surface area (Å²) in [6.45, 7) is 0. The molecule has 0 radical (unpaired) electrons. The summed E-state index contributed by atoms with van der Waals surface area (Å²) < 4.78 is 6.34. The number of carbonyl (C=O) groups excluding carboxylic acids is 1. The molecule has 3 aromatic carbocycles. The van der Waals surface area contributed by atoms with Crippen LogP contribution in [0.2, 0.25) is 0 Å². The predicted molar refractivity (Wildman–Crippen MR) is 141 cm³/mol. The monoisotopic (exact) mass is 548 g/mol. The number of nitrogens with one attached hydrogen (secondary N) is 1. The Bertz CT molecular complexity index is 1650. The molecule has 204 valence electrons. The molecule has 15 heteroatoms. The van der Waals surface area contributed by atoms with Crippen LogP contribution in [0, 0.1) is 30.3 Å². The predicted octanol–water partition coefficient (Wildman–Crippen LogP) is 4.55. The van der Waals surface area contributed by atoms with Crippen molar-refractivity contribution in [2.45, 2.75) is 12.8 Å². The number of phenols is 1. The average Bonchev–Trinajstić information content (AvgIpc) is 3.36. The molecule has 40 heavy (non-hydrogen) atoms. The number of nitro groups is 3. The minimum atomic E-state index is -0.779. The molecular weight excluding hydrogens is 528 g/mol. The Balaban J connectivity index is 1.73. The zero-order chi connectivity index (χ0) is 29.0. The number of ether oxygens (including phenoxy) is 1. The van der Waals surface area contributed by atoms with E-state index in [0.29, 0.717) is 17.0 Å². The van der Waals surface area contributed by atoms with E-state index >= 15 is 0 Å². The molecule has 0 saturated heterocycles. The Hall–Kier alpha value is -5.86. The number of aromatic hydroxyl groups is 1. The van der Waals surface area contributed by atoms with Gasteiger partial charge in [-0.3, -0.25) is 35.1 Å². The van der Waals surface area contributed by atoms with E-state index in [1.165, 1.54) is 54.3 Å². The van der Waals surface area contributed by atoms with Crippen LogP contribution in [-0.2, 0) is 11.2 Å². The second-order valence-corrected chi connectivity index (χ2v) is 8.33. The highest BCUT2D eigenvalue weighted by atomic mass is 16.6. The molecule has 1 amide bonds. The van der Waals surface area contributed by atoms with Crippen LogP contribution in [-0.4, -0.2) is 42.7 Å². The molecule has 0 bridgehead atoms. The summed E-state index contributed by atoms with van der Waals surface area (Å²) in [7, 11) is 1.36. The van der Waals surface area contributed by atoms with E-state index in [9.17, 15) is 40.2 Å². The molecule has 0 spiro atoms. The number of anilines is 1. The molecule has 0 atom stereocenters. The fraction of sp³-hybridized carbons (Fsp3) is 0.120. The van der Waals surface area contributed by atoms with Gasteiger partial charge in [-0.1, -0.05) is 12.1 Å². The molecule has 0 aliphatic rings. The third-order valence-corrected chi connectivity index (χ3v) is 5.84. The molecule has 1 aromatic heterocycles. The van der Waals surface area contributed by atoms with Crippen LogP contribution in [0.25, 0.3) is 16.9 Å². The van der Waals surface area contributed by atoms with Crippen molar-refractivity contribution in [3.05, 3.63) is 103 Å². The molecule has 0 fully saturated rings. The van der Waals surface area contributed by atoms with Gasteiger partial charge in [-0.25, -0.2) is 4.68 Å². The molecule has 0 aliphatic heterocycles. The van der Waals surface area contributed by atoms with Crippen LogP contribution < -0.4 is 10.1 Å². The number of methoxy groups -OCH3 is 1. The van der Waals surface area contributed by atoms with Crippen LogP contribution in [0.3, 0.4) is 0 Å². The van der Waals surface area contributed by atoms with Gasteiger partial charge in [-0.05, 0) is 42.8 Å². The summed E-state index contributed by atoms with van der Waals surface area (Å²) in [6, 6.07) is 14.7. The van der Waals surface area contributed by atoms with Crippen LogP contribution in [0.4, 0.5) is 22.7 Å². The van der Waals surface area contributed by atoms with Crippen molar-refractivity contribution in [2.75, 3.05) is 12.4 Å². The number of aryl methyl sites for hydroxylation is 1. The van der Waals surface area contributed by atoms with Gasteiger partial charge in [0.2, 0.25) is 5.91 Å². The minimum absolute atomic E-state index is 0.00823. The van der Waals surface area contributed by atoms with E-state index in [4.69, 9.17) is 4.74 Å². The summed E-state index contributed by atoms with van der Waals surface area (Å²) in [5.41, 5.74) is -0.323. The zero-order valence-electron chi connectivity index (χ0n) is 20.7. The van der Waals surface area contributed by atoms with E-state index in [-0.39, 0.29) is 41.4 Å². The fourth-order valence-electron chi connectivity index (χ4n) is 3.93. The number of nitro benzene ring substituents is 3. The van der Waals surface area contributed by atoms with Crippen molar-refractivity contribution < 1.29 is 29.4 Å². The first-order valence-corrected chi connectivity index (χ1v) is 11.5. The van der Waals surface area contributed by atoms with Crippen molar-refractivity contribution in [3.8, 4) is 28.4 Å². The Morgan fingerprint density at radius 1 is 0.950 bits per heavy atom. The van der Waals surface area contributed by atoms with Crippen LogP contribution >= 0.6 is 0 Å². The van der Waals surface area contributed by atoms with Gasteiger partial charge in [0.25, 0.3) is 11.4 Å². The van der Waals surface area contributed by atoms with Gasteiger partial charge < -0.3 is 15.2 Å². The first kappa shape index (κ1) is 27.2. The van der Waals surface area contributed by atoms with Crippen molar-refractivity contribution in [2.24, 2.45) is 0 Å². The third-order valence-electron chi connectivity index (χ3n) is 5.84. The number of rotatable bonds is 10. The Morgan fingerprint density at radius 3 is 2.35 bits per heavy atom. The molecule has 2 N–H and O–H groups in total. The second kappa shape index (κ2) is 11.3. The number of phenolic OH excluding ortho intramolecular Hbond substituents is 1. The number of aromatic nitrogens is 2. The largest absolute Gasteiger partial charge is 0.504 e. The Morgan fingerprint density at radius 2 is 1.68 bits per heavy atom. The molecule has 4 rings (SSSR count). The molecule has 4 aromatic rings. The van der Waals surface area contributed by atoms with Crippen LogP contribution in [0.15, 0.2) is 66.7 Å². The number of para-hydroxylation sites is 2. The number of nitrogens with zero attached hydrogens (tertiary/aromatic N) is 5. The Kier molecular flexibility index (Phi) is 7.65. The summed E-state index contributed by atoms with van der Waals surface area (Å²) in [6.07, 6.45) is -0.195.